The van der Waals surface area contributed by atoms with Gasteiger partial charge in [0.25, 0.3) is 12.3 Å². The molecule has 2 heterocycles. The van der Waals surface area contributed by atoms with Crippen molar-refractivity contribution in [2.24, 2.45) is 10.7 Å². The second-order valence-electron chi connectivity index (χ2n) is 6.70. The second-order valence-corrected chi connectivity index (χ2v) is 6.70. The number of alkyl halides is 4. The van der Waals surface area contributed by atoms with Gasteiger partial charge in [-0.3, -0.25) is 14.8 Å². The van der Waals surface area contributed by atoms with Gasteiger partial charge in [0.2, 0.25) is 6.43 Å². The van der Waals surface area contributed by atoms with E-state index in [2.05, 4.69) is 15.3 Å². The van der Waals surface area contributed by atoms with Gasteiger partial charge in [0.15, 0.2) is 0 Å². The van der Waals surface area contributed by atoms with Crippen LogP contribution in [0.1, 0.15) is 55.7 Å². The Hall–Kier alpha value is -3.08. The number of carbonyl (C=O) groups is 1. The quantitative estimate of drug-likeness (QED) is 0.534. The number of aliphatic imine (C=N–C) groups is 1. The number of amides is 1. The fourth-order valence-corrected chi connectivity index (χ4v) is 2.37. The molecule has 0 saturated carbocycles. The molecule has 1 atom stereocenters. The van der Waals surface area contributed by atoms with Crippen LogP contribution in [0.5, 0.6) is 0 Å². The van der Waals surface area contributed by atoms with Crippen molar-refractivity contribution in [1.29, 1.82) is 0 Å². The van der Waals surface area contributed by atoms with Crippen molar-refractivity contribution in [3.63, 3.8) is 0 Å². The van der Waals surface area contributed by atoms with Crippen LogP contribution in [0.4, 0.5) is 27.6 Å². The number of pyridine rings is 1. The van der Waals surface area contributed by atoms with Gasteiger partial charge in [-0.1, -0.05) is 13.8 Å². The van der Waals surface area contributed by atoms with Gasteiger partial charge in [0, 0.05) is 17.4 Å². The number of nitrogens with one attached hydrogen (secondary N) is 1. The Morgan fingerprint density at radius 1 is 1.18 bits per heavy atom. The van der Waals surface area contributed by atoms with Gasteiger partial charge in [0.1, 0.15) is 24.0 Å². The maximum Gasteiger partial charge on any atom is 0.274 e. The molecule has 2 aromatic rings. The highest BCUT2D eigenvalue weighted by atomic mass is 19.3. The smallest absolute Gasteiger partial charge is 0.274 e. The largest absolute Gasteiger partial charge is 0.386 e. The number of rotatable bonds is 3. The van der Waals surface area contributed by atoms with Crippen molar-refractivity contribution in [3.05, 3.63) is 59.2 Å². The zero-order valence-electron chi connectivity index (χ0n) is 19.8. The Morgan fingerprint density at radius 2 is 1.74 bits per heavy atom. The summed E-state index contributed by atoms with van der Waals surface area (Å²) < 4.78 is 63.4. The Labute approximate surface area is 196 Å². The van der Waals surface area contributed by atoms with Crippen molar-refractivity contribution in [2.45, 2.75) is 53.5 Å². The van der Waals surface area contributed by atoms with Crippen LogP contribution in [0.2, 0.25) is 0 Å². The van der Waals surface area contributed by atoms with E-state index >= 15 is 0 Å². The Kier molecular flexibility index (Phi) is 15.0. The van der Waals surface area contributed by atoms with Crippen LogP contribution in [-0.2, 0) is 4.74 Å². The summed E-state index contributed by atoms with van der Waals surface area (Å²) in [6, 6.07) is 6.68. The summed E-state index contributed by atoms with van der Waals surface area (Å²) in [5.74, 6) is -0.336. The summed E-state index contributed by atoms with van der Waals surface area (Å²) in [5, 5.41) is 2.52. The Bertz CT molecular complexity index is 891. The highest BCUT2D eigenvalue weighted by molar-refractivity contribution is 6.03. The van der Waals surface area contributed by atoms with E-state index in [1.54, 1.807) is 0 Å². The molecule has 1 aliphatic heterocycles. The van der Waals surface area contributed by atoms with E-state index in [1.807, 2.05) is 20.8 Å². The Morgan fingerprint density at radius 3 is 2.15 bits per heavy atom. The van der Waals surface area contributed by atoms with E-state index in [-0.39, 0.29) is 17.3 Å². The molecular weight excluding hydrogens is 459 g/mol. The number of ether oxygens (including phenoxy) is 1. The van der Waals surface area contributed by atoms with E-state index in [9.17, 15) is 26.7 Å². The molecule has 0 radical (unpaired) electrons. The molecule has 0 fully saturated rings. The SMILES string of the molecule is CC.CC(F)F.CC1COCC(N)=N1.Cc1cc(C(F)F)cnc1C(=O)Nc1ccc(F)cc1. The highest BCUT2D eigenvalue weighted by Crippen LogP contribution is 2.20. The molecule has 1 aliphatic rings. The van der Waals surface area contributed by atoms with E-state index in [0.717, 1.165) is 13.1 Å². The highest BCUT2D eigenvalue weighted by Gasteiger charge is 2.15. The summed E-state index contributed by atoms with van der Waals surface area (Å²) in [6.07, 6.45) is -3.83. The molecule has 6 nitrogen and oxygen atoms in total. The molecule has 1 amide bonds. The Balaban J connectivity index is 0.000000640. The lowest BCUT2D eigenvalue weighted by Crippen LogP contribution is -2.29. The van der Waals surface area contributed by atoms with Gasteiger partial charge in [-0.25, -0.2) is 22.0 Å². The number of aromatic nitrogens is 1. The first-order chi connectivity index (χ1) is 16.0. The number of amidine groups is 1. The van der Waals surface area contributed by atoms with Crippen molar-refractivity contribution in [3.8, 4) is 0 Å². The third-order valence-electron chi connectivity index (χ3n) is 3.66. The van der Waals surface area contributed by atoms with E-state index < -0.39 is 24.6 Å². The minimum absolute atomic E-state index is 0.0544. The summed E-state index contributed by atoms with van der Waals surface area (Å²) in [5.41, 5.74) is 5.92. The number of anilines is 1. The maximum atomic E-state index is 12.7. The number of benzene rings is 1. The fraction of sp³-hybridized carbons (Fsp3) is 0.435. The molecule has 0 bridgehead atoms. The van der Waals surface area contributed by atoms with E-state index in [1.165, 1.54) is 37.3 Å². The third kappa shape index (κ3) is 12.8. The molecule has 0 saturated heterocycles. The minimum atomic E-state index is -2.63. The summed E-state index contributed by atoms with van der Waals surface area (Å²) in [7, 11) is 0. The standard InChI is InChI=1S/C14H11F3N2O.C5H10N2O.C2H4F2.C2H6/c1-8-6-9(13(16)17)7-18-12(8)14(20)19-11-4-2-10(15)3-5-11;1-4-2-8-3-5(6)7-4;1-2(3)4;1-2/h2-7,13H,1H3,(H,19,20);4H,2-3H2,1H3,(H2,6,7);2H,1H3;1-2H3. The summed E-state index contributed by atoms with van der Waals surface area (Å²) in [6.45, 7) is 9.55. The summed E-state index contributed by atoms with van der Waals surface area (Å²) >= 11 is 0. The van der Waals surface area contributed by atoms with Gasteiger partial charge in [-0.15, -0.1) is 0 Å². The number of halogens is 5. The lowest BCUT2D eigenvalue weighted by Gasteiger charge is -2.13. The molecule has 11 heteroatoms. The van der Waals surface area contributed by atoms with Crippen molar-refractivity contribution in [1.82, 2.24) is 4.98 Å². The number of aryl methyl sites for hydroxylation is 1. The first-order valence-electron chi connectivity index (χ1n) is 10.5. The number of hydrogen-bond donors (Lipinski definition) is 2. The van der Waals surface area contributed by atoms with Crippen LogP contribution >= 0.6 is 0 Å². The van der Waals surface area contributed by atoms with Crippen molar-refractivity contribution >= 4 is 17.4 Å². The van der Waals surface area contributed by atoms with Gasteiger partial charge in [0.05, 0.1) is 12.6 Å². The molecule has 0 spiro atoms. The number of hydrogen-bond acceptors (Lipinski definition) is 5. The molecular formula is C23H31F5N4O2. The van der Waals surface area contributed by atoms with Crippen LogP contribution in [-0.4, -0.2) is 42.4 Å². The van der Waals surface area contributed by atoms with Crippen LogP contribution in [0.3, 0.4) is 0 Å². The van der Waals surface area contributed by atoms with Crippen LogP contribution < -0.4 is 11.1 Å². The maximum absolute atomic E-state index is 12.7. The van der Waals surface area contributed by atoms with Crippen molar-refractivity contribution < 1.29 is 31.5 Å². The monoisotopic (exact) mass is 490 g/mol. The lowest BCUT2D eigenvalue weighted by atomic mass is 10.1. The molecule has 0 aliphatic carbocycles. The second kappa shape index (κ2) is 16.5. The predicted octanol–water partition coefficient (Wildman–Crippen LogP) is 5.78. The molecule has 1 aromatic heterocycles. The fourth-order valence-electron chi connectivity index (χ4n) is 2.37. The first kappa shape index (κ1) is 30.9. The normalized spacial score (nSPS) is 14.5. The average molecular weight is 491 g/mol. The first-order valence-corrected chi connectivity index (χ1v) is 10.5. The van der Waals surface area contributed by atoms with Gasteiger partial charge >= 0.3 is 0 Å². The number of nitrogens with zero attached hydrogens (tertiary/aromatic N) is 2. The zero-order chi connectivity index (χ0) is 26.3. The zero-order valence-corrected chi connectivity index (χ0v) is 19.8. The molecule has 3 N–H and O–H groups in total. The number of carbonyl (C=O) groups excluding carboxylic acids is 1. The van der Waals surface area contributed by atoms with Gasteiger partial charge < -0.3 is 15.8 Å². The van der Waals surface area contributed by atoms with Gasteiger partial charge in [-0.2, -0.15) is 0 Å². The average Bonchev–Trinajstić information content (AvgIpc) is 2.76. The lowest BCUT2D eigenvalue weighted by molar-refractivity contribution is 0.102. The number of nitrogens with two attached hydrogens (primary N) is 1. The van der Waals surface area contributed by atoms with E-state index in [4.69, 9.17) is 10.5 Å². The topological polar surface area (TPSA) is 89.6 Å². The summed E-state index contributed by atoms with van der Waals surface area (Å²) in [4.78, 5) is 19.7. The molecule has 3 rings (SSSR count). The molecule has 34 heavy (non-hydrogen) atoms. The molecule has 1 aromatic carbocycles. The van der Waals surface area contributed by atoms with Crippen LogP contribution in [0.15, 0.2) is 41.5 Å². The van der Waals surface area contributed by atoms with Crippen LogP contribution in [0.25, 0.3) is 0 Å². The minimum Gasteiger partial charge on any atom is -0.386 e. The van der Waals surface area contributed by atoms with E-state index in [0.29, 0.717) is 30.3 Å². The third-order valence-corrected chi connectivity index (χ3v) is 3.66. The molecule has 1 unspecified atom stereocenters. The van der Waals surface area contributed by atoms with Crippen molar-refractivity contribution in [2.75, 3.05) is 18.5 Å². The molecule has 190 valence electrons. The predicted molar refractivity (Wildman–Crippen MR) is 123 cm³/mol. The van der Waals surface area contributed by atoms with Gasteiger partial charge in [-0.05, 0) is 56.7 Å². The van der Waals surface area contributed by atoms with Crippen LogP contribution in [0, 0.1) is 12.7 Å².